The van der Waals surface area contributed by atoms with Gasteiger partial charge < -0.3 is 10.1 Å². The van der Waals surface area contributed by atoms with Crippen LogP contribution in [0.2, 0.25) is 0 Å². The highest BCUT2D eigenvalue weighted by Gasteiger charge is 2.04. The van der Waals surface area contributed by atoms with Gasteiger partial charge in [-0.05, 0) is 45.9 Å². The van der Waals surface area contributed by atoms with Crippen LogP contribution >= 0.6 is 0 Å². The van der Waals surface area contributed by atoms with Crippen molar-refractivity contribution in [2.24, 2.45) is 0 Å². The number of nitrogens with zero attached hydrogens (tertiary/aromatic N) is 1. The number of fused-ring (bicyclic) bond motifs is 1. The molecule has 1 atom stereocenters. The Labute approximate surface area is 115 Å². The molecule has 19 heavy (non-hydrogen) atoms. The van der Waals surface area contributed by atoms with Crippen molar-refractivity contribution in [3.05, 3.63) is 36.0 Å². The molecule has 0 amide bonds. The molecule has 0 fully saturated rings. The van der Waals surface area contributed by atoms with Crippen molar-refractivity contribution in [1.82, 2.24) is 10.3 Å². The van der Waals surface area contributed by atoms with E-state index in [1.165, 1.54) is 0 Å². The van der Waals surface area contributed by atoms with Crippen LogP contribution in [0.3, 0.4) is 0 Å². The zero-order valence-electron chi connectivity index (χ0n) is 11.9. The van der Waals surface area contributed by atoms with Crippen molar-refractivity contribution in [1.29, 1.82) is 0 Å². The number of ether oxygens (including phenoxy) is 1. The lowest BCUT2D eigenvalue weighted by molar-refractivity contribution is 0.302. The first-order valence-corrected chi connectivity index (χ1v) is 6.87. The molecular formula is C16H22N2O. The maximum atomic E-state index is 5.88. The van der Waals surface area contributed by atoms with Crippen LogP contribution in [0, 0.1) is 6.92 Å². The van der Waals surface area contributed by atoms with Crippen molar-refractivity contribution >= 4 is 10.9 Å². The minimum absolute atomic E-state index is 0.538. The summed E-state index contributed by atoms with van der Waals surface area (Å²) in [5, 5.41) is 4.36. The molecule has 0 aliphatic heterocycles. The van der Waals surface area contributed by atoms with Crippen molar-refractivity contribution in [3.63, 3.8) is 0 Å². The fourth-order valence-electron chi connectivity index (χ4n) is 2.05. The molecule has 0 saturated carbocycles. The highest BCUT2D eigenvalue weighted by molar-refractivity contribution is 5.84. The standard InChI is InChI=1S/C16H22N2O/c1-12(17-3)6-5-11-19-15-8-4-7-14-10-9-13(2)18-16(14)15/h4,7-10,12,17H,5-6,11H2,1-3H3. The summed E-state index contributed by atoms with van der Waals surface area (Å²) in [5.41, 5.74) is 1.98. The van der Waals surface area contributed by atoms with Crippen LogP contribution in [0.1, 0.15) is 25.5 Å². The molecule has 1 aromatic heterocycles. The first-order valence-electron chi connectivity index (χ1n) is 6.87. The number of hydrogen-bond donors (Lipinski definition) is 1. The molecular weight excluding hydrogens is 236 g/mol. The van der Waals surface area contributed by atoms with Crippen molar-refractivity contribution in [3.8, 4) is 5.75 Å². The lowest BCUT2D eigenvalue weighted by Gasteiger charge is -2.11. The number of pyridine rings is 1. The summed E-state index contributed by atoms with van der Waals surface area (Å²) < 4.78 is 5.88. The van der Waals surface area contributed by atoms with Gasteiger partial charge in [0.05, 0.1) is 6.61 Å². The zero-order valence-corrected chi connectivity index (χ0v) is 11.9. The van der Waals surface area contributed by atoms with Crippen molar-refractivity contribution in [2.45, 2.75) is 32.7 Å². The van der Waals surface area contributed by atoms with E-state index >= 15 is 0 Å². The molecule has 0 bridgehead atoms. The van der Waals surface area contributed by atoms with Crippen LogP contribution in [0.4, 0.5) is 0 Å². The van der Waals surface area contributed by atoms with E-state index in [1.54, 1.807) is 0 Å². The van der Waals surface area contributed by atoms with Crippen LogP contribution < -0.4 is 10.1 Å². The van der Waals surface area contributed by atoms with Gasteiger partial charge in [0.25, 0.3) is 0 Å². The number of hydrogen-bond acceptors (Lipinski definition) is 3. The van der Waals surface area contributed by atoms with Gasteiger partial charge >= 0.3 is 0 Å². The number of para-hydroxylation sites is 1. The summed E-state index contributed by atoms with van der Waals surface area (Å²) in [6.07, 6.45) is 2.16. The van der Waals surface area contributed by atoms with Crippen LogP contribution in [0.15, 0.2) is 30.3 Å². The molecule has 1 N–H and O–H groups in total. The van der Waals surface area contributed by atoms with Crippen LogP contribution in [0.5, 0.6) is 5.75 Å². The fourth-order valence-corrected chi connectivity index (χ4v) is 2.05. The van der Waals surface area contributed by atoms with E-state index in [-0.39, 0.29) is 0 Å². The van der Waals surface area contributed by atoms with E-state index in [0.717, 1.165) is 41.8 Å². The van der Waals surface area contributed by atoms with Gasteiger partial charge in [0.1, 0.15) is 11.3 Å². The van der Waals surface area contributed by atoms with Gasteiger partial charge in [0, 0.05) is 17.1 Å². The molecule has 1 aromatic carbocycles. The van der Waals surface area contributed by atoms with E-state index in [1.807, 2.05) is 32.2 Å². The molecule has 1 unspecified atom stereocenters. The molecule has 3 heteroatoms. The average molecular weight is 258 g/mol. The summed E-state index contributed by atoms with van der Waals surface area (Å²) in [4.78, 5) is 4.57. The number of aromatic nitrogens is 1. The Morgan fingerprint density at radius 3 is 2.89 bits per heavy atom. The molecule has 0 radical (unpaired) electrons. The van der Waals surface area contributed by atoms with E-state index in [2.05, 4.69) is 29.4 Å². The largest absolute Gasteiger partial charge is 0.491 e. The van der Waals surface area contributed by atoms with Crippen molar-refractivity contribution in [2.75, 3.05) is 13.7 Å². The van der Waals surface area contributed by atoms with Crippen molar-refractivity contribution < 1.29 is 4.74 Å². The number of benzene rings is 1. The molecule has 2 aromatic rings. The summed E-state index contributed by atoms with van der Waals surface area (Å²) in [6.45, 7) is 4.93. The minimum atomic E-state index is 0.538. The Hall–Kier alpha value is -1.61. The Bertz CT molecular complexity index is 539. The Balaban J connectivity index is 2.02. The molecule has 0 saturated heterocycles. The number of rotatable bonds is 6. The third-order valence-corrected chi connectivity index (χ3v) is 3.35. The highest BCUT2D eigenvalue weighted by atomic mass is 16.5. The SMILES string of the molecule is CNC(C)CCCOc1cccc2ccc(C)nc12. The number of aryl methyl sites for hydroxylation is 1. The van der Waals surface area contributed by atoms with Gasteiger partial charge in [0.2, 0.25) is 0 Å². The molecule has 1 heterocycles. The van der Waals surface area contributed by atoms with E-state index in [0.29, 0.717) is 6.04 Å². The first-order chi connectivity index (χ1) is 9.20. The van der Waals surface area contributed by atoms with Gasteiger partial charge in [-0.25, -0.2) is 4.98 Å². The highest BCUT2D eigenvalue weighted by Crippen LogP contribution is 2.24. The quantitative estimate of drug-likeness (QED) is 0.807. The molecule has 102 valence electrons. The second kappa shape index (κ2) is 6.53. The van der Waals surface area contributed by atoms with Gasteiger partial charge in [-0.3, -0.25) is 0 Å². The Morgan fingerprint density at radius 2 is 2.11 bits per heavy atom. The lowest BCUT2D eigenvalue weighted by atomic mass is 10.2. The predicted molar refractivity (Wildman–Crippen MR) is 79.7 cm³/mol. The van der Waals surface area contributed by atoms with Gasteiger partial charge in [-0.1, -0.05) is 18.2 Å². The minimum Gasteiger partial charge on any atom is -0.491 e. The Morgan fingerprint density at radius 1 is 1.26 bits per heavy atom. The monoisotopic (exact) mass is 258 g/mol. The molecule has 0 aliphatic carbocycles. The summed E-state index contributed by atoms with van der Waals surface area (Å²) in [6, 6.07) is 10.7. The Kier molecular flexibility index (Phi) is 4.74. The maximum absolute atomic E-state index is 5.88. The summed E-state index contributed by atoms with van der Waals surface area (Å²) in [5.74, 6) is 0.887. The fraction of sp³-hybridized carbons (Fsp3) is 0.438. The summed E-state index contributed by atoms with van der Waals surface area (Å²) in [7, 11) is 1.99. The zero-order chi connectivity index (χ0) is 13.7. The first kappa shape index (κ1) is 13.8. The second-order valence-electron chi connectivity index (χ2n) is 4.96. The van der Waals surface area contributed by atoms with E-state index in [9.17, 15) is 0 Å². The third-order valence-electron chi connectivity index (χ3n) is 3.35. The van der Waals surface area contributed by atoms with E-state index < -0.39 is 0 Å². The molecule has 0 aliphatic rings. The average Bonchev–Trinajstić information content (AvgIpc) is 2.43. The normalized spacial score (nSPS) is 12.6. The predicted octanol–water partition coefficient (Wildman–Crippen LogP) is 3.31. The third kappa shape index (κ3) is 3.67. The maximum Gasteiger partial charge on any atom is 0.145 e. The topological polar surface area (TPSA) is 34.1 Å². The van der Waals surface area contributed by atoms with Crippen LogP contribution in [-0.4, -0.2) is 24.7 Å². The second-order valence-corrected chi connectivity index (χ2v) is 4.96. The van der Waals surface area contributed by atoms with Crippen LogP contribution in [0.25, 0.3) is 10.9 Å². The van der Waals surface area contributed by atoms with Crippen LogP contribution in [-0.2, 0) is 0 Å². The lowest BCUT2D eigenvalue weighted by Crippen LogP contribution is -2.21. The van der Waals surface area contributed by atoms with Gasteiger partial charge in [0.15, 0.2) is 0 Å². The summed E-state index contributed by atoms with van der Waals surface area (Å²) >= 11 is 0. The van der Waals surface area contributed by atoms with Gasteiger partial charge in [-0.15, -0.1) is 0 Å². The molecule has 2 rings (SSSR count). The van der Waals surface area contributed by atoms with E-state index in [4.69, 9.17) is 4.74 Å². The number of nitrogens with one attached hydrogen (secondary N) is 1. The molecule has 3 nitrogen and oxygen atoms in total. The van der Waals surface area contributed by atoms with Gasteiger partial charge in [-0.2, -0.15) is 0 Å². The molecule has 0 spiro atoms. The smallest absolute Gasteiger partial charge is 0.145 e.